The molecular weight excluding hydrogens is 248 g/mol. The molecule has 0 saturated heterocycles. The first-order valence-corrected chi connectivity index (χ1v) is 4.75. The molecule has 0 aliphatic carbocycles. The van der Waals surface area contributed by atoms with E-state index in [9.17, 15) is 14.7 Å². The minimum absolute atomic E-state index is 0.0832. The summed E-state index contributed by atoms with van der Waals surface area (Å²) in [6.45, 7) is 0. The molecule has 0 aromatic carbocycles. The highest BCUT2D eigenvalue weighted by molar-refractivity contribution is 7.71. The van der Waals surface area contributed by atoms with Gasteiger partial charge in [0.1, 0.15) is 6.26 Å². The van der Waals surface area contributed by atoms with Crippen LogP contribution in [0.5, 0.6) is 5.88 Å². The van der Waals surface area contributed by atoms with E-state index in [1.807, 2.05) is 0 Å². The number of hydrogen-bond acceptors (Lipinski definition) is 6. The molecule has 0 aliphatic heterocycles. The normalized spacial score (nSPS) is 10.1. The Labute approximate surface area is 98.3 Å². The summed E-state index contributed by atoms with van der Waals surface area (Å²) >= 11 is 4.62. The minimum Gasteiger partial charge on any atom is -0.494 e. The predicted molar refractivity (Wildman–Crippen MR) is 58.4 cm³/mol. The first-order chi connectivity index (χ1) is 8.08. The molecule has 0 spiro atoms. The van der Waals surface area contributed by atoms with Crippen molar-refractivity contribution in [2.24, 2.45) is 0 Å². The van der Waals surface area contributed by atoms with E-state index < -0.39 is 22.9 Å². The number of nitrogens with zero attached hydrogens (tertiary/aromatic N) is 1. The van der Waals surface area contributed by atoms with E-state index in [4.69, 9.17) is 4.42 Å². The number of hydrogen-bond donors (Lipinski definition) is 4. The van der Waals surface area contributed by atoms with Gasteiger partial charge in [-0.2, -0.15) is 0 Å². The SMILES string of the molecule is O=C(Nc1ncco1)c1c(O)[nH]c(=S)[nH]c1=O. The topological polar surface area (TPSA) is 124 Å². The lowest BCUT2D eigenvalue weighted by atomic mass is 10.3. The van der Waals surface area contributed by atoms with Crippen LogP contribution in [-0.4, -0.2) is 26.0 Å². The Hall–Kier alpha value is -2.42. The summed E-state index contributed by atoms with van der Waals surface area (Å²) in [5.74, 6) is -1.49. The monoisotopic (exact) mass is 254 g/mol. The standard InChI is InChI=1S/C8H6N4O4S/c13-4(10-7-9-1-2-16-7)3-5(14)11-8(17)12-6(3)15/h1-2H,(H,9,10,13)(H3,11,12,14,15,17). The molecule has 2 aromatic heterocycles. The van der Waals surface area contributed by atoms with Crippen molar-refractivity contribution in [1.29, 1.82) is 0 Å². The zero-order chi connectivity index (χ0) is 12.4. The number of oxazole rings is 1. The maximum absolute atomic E-state index is 11.6. The van der Waals surface area contributed by atoms with E-state index >= 15 is 0 Å². The number of rotatable bonds is 2. The number of aromatic hydroxyl groups is 1. The van der Waals surface area contributed by atoms with E-state index in [-0.39, 0.29) is 10.8 Å². The highest BCUT2D eigenvalue weighted by atomic mass is 32.1. The van der Waals surface area contributed by atoms with Crippen molar-refractivity contribution >= 4 is 24.1 Å². The van der Waals surface area contributed by atoms with Crippen LogP contribution in [-0.2, 0) is 0 Å². The van der Waals surface area contributed by atoms with Crippen LogP contribution in [0.15, 0.2) is 21.7 Å². The van der Waals surface area contributed by atoms with Gasteiger partial charge in [0.25, 0.3) is 11.5 Å². The van der Waals surface area contributed by atoms with Crippen molar-refractivity contribution < 1.29 is 14.3 Å². The largest absolute Gasteiger partial charge is 0.494 e. The summed E-state index contributed by atoms with van der Waals surface area (Å²) in [4.78, 5) is 31.1. The average Bonchev–Trinajstić information content (AvgIpc) is 2.68. The Morgan fingerprint density at radius 1 is 1.53 bits per heavy atom. The zero-order valence-electron chi connectivity index (χ0n) is 8.18. The first-order valence-electron chi connectivity index (χ1n) is 4.34. The van der Waals surface area contributed by atoms with Crippen LogP contribution in [0.4, 0.5) is 6.01 Å². The van der Waals surface area contributed by atoms with Crippen molar-refractivity contribution in [1.82, 2.24) is 15.0 Å². The fraction of sp³-hybridized carbons (Fsp3) is 0. The summed E-state index contributed by atoms with van der Waals surface area (Å²) in [6.07, 6.45) is 2.57. The lowest BCUT2D eigenvalue weighted by molar-refractivity contribution is 0.101. The van der Waals surface area contributed by atoms with Gasteiger partial charge in [0.05, 0.1) is 6.20 Å². The molecule has 0 atom stereocenters. The van der Waals surface area contributed by atoms with Crippen LogP contribution in [0, 0.1) is 4.77 Å². The number of amides is 1. The highest BCUT2D eigenvalue weighted by Crippen LogP contribution is 2.10. The average molecular weight is 254 g/mol. The molecule has 17 heavy (non-hydrogen) atoms. The molecule has 9 heteroatoms. The molecule has 0 fully saturated rings. The van der Waals surface area contributed by atoms with Gasteiger partial charge < -0.3 is 14.5 Å². The fourth-order valence-electron chi connectivity index (χ4n) is 1.13. The van der Waals surface area contributed by atoms with E-state index in [0.717, 1.165) is 0 Å². The van der Waals surface area contributed by atoms with Crippen molar-refractivity contribution in [3.8, 4) is 5.88 Å². The Morgan fingerprint density at radius 3 is 2.88 bits per heavy atom. The third kappa shape index (κ3) is 2.23. The van der Waals surface area contributed by atoms with Gasteiger partial charge in [-0.3, -0.25) is 19.9 Å². The number of anilines is 1. The summed E-state index contributed by atoms with van der Waals surface area (Å²) in [7, 11) is 0. The Kier molecular flexibility index (Phi) is 2.75. The number of aromatic nitrogens is 3. The fourth-order valence-corrected chi connectivity index (χ4v) is 1.32. The maximum atomic E-state index is 11.6. The van der Waals surface area contributed by atoms with E-state index in [1.165, 1.54) is 12.5 Å². The molecule has 2 rings (SSSR count). The molecule has 0 bridgehead atoms. The van der Waals surface area contributed by atoms with Crippen LogP contribution >= 0.6 is 12.2 Å². The number of aromatic amines is 2. The Balaban J connectivity index is 2.38. The second kappa shape index (κ2) is 4.22. The molecule has 0 unspecified atom stereocenters. The highest BCUT2D eigenvalue weighted by Gasteiger charge is 2.18. The van der Waals surface area contributed by atoms with Crippen LogP contribution in [0.3, 0.4) is 0 Å². The van der Waals surface area contributed by atoms with Gasteiger partial charge in [-0.25, -0.2) is 4.98 Å². The van der Waals surface area contributed by atoms with Gasteiger partial charge in [-0.1, -0.05) is 0 Å². The van der Waals surface area contributed by atoms with Crippen LogP contribution in [0.25, 0.3) is 0 Å². The quantitative estimate of drug-likeness (QED) is 0.574. The molecule has 4 N–H and O–H groups in total. The van der Waals surface area contributed by atoms with Gasteiger partial charge >= 0.3 is 6.01 Å². The van der Waals surface area contributed by atoms with E-state index in [1.54, 1.807) is 0 Å². The van der Waals surface area contributed by atoms with E-state index in [2.05, 4.69) is 32.5 Å². The van der Waals surface area contributed by atoms with E-state index in [0.29, 0.717) is 0 Å². The molecule has 0 saturated carbocycles. The lowest BCUT2D eigenvalue weighted by Crippen LogP contribution is -2.24. The molecule has 0 aliphatic rings. The van der Waals surface area contributed by atoms with Crippen molar-refractivity contribution in [2.45, 2.75) is 0 Å². The first kappa shape index (κ1) is 11.1. The van der Waals surface area contributed by atoms with Gasteiger partial charge in [-0.15, -0.1) is 0 Å². The third-order valence-corrected chi connectivity index (χ3v) is 2.01. The Morgan fingerprint density at radius 2 is 2.29 bits per heavy atom. The maximum Gasteiger partial charge on any atom is 0.301 e. The second-order valence-corrected chi connectivity index (χ2v) is 3.33. The zero-order valence-corrected chi connectivity index (χ0v) is 9.00. The molecule has 2 heterocycles. The van der Waals surface area contributed by atoms with Crippen molar-refractivity contribution in [3.63, 3.8) is 0 Å². The molecule has 0 radical (unpaired) electrons. The molecule has 8 nitrogen and oxygen atoms in total. The summed E-state index contributed by atoms with van der Waals surface area (Å²) in [5.41, 5.74) is -1.31. The van der Waals surface area contributed by atoms with Gasteiger partial charge in [0.15, 0.2) is 10.3 Å². The molecule has 2 aromatic rings. The van der Waals surface area contributed by atoms with Gasteiger partial charge in [0.2, 0.25) is 5.88 Å². The summed E-state index contributed by atoms with van der Waals surface area (Å²) < 4.78 is 4.68. The minimum atomic E-state index is -0.863. The van der Waals surface area contributed by atoms with Crippen LogP contribution in [0.1, 0.15) is 10.4 Å². The van der Waals surface area contributed by atoms with Gasteiger partial charge in [0, 0.05) is 0 Å². The second-order valence-electron chi connectivity index (χ2n) is 2.92. The number of carbonyl (C=O) groups excluding carboxylic acids is 1. The van der Waals surface area contributed by atoms with Crippen molar-refractivity contribution in [3.05, 3.63) is 33.1 Å². The third-order valence-electron chi connectivity index (χ3n) is 1.80. The molecule has 1 amide bonds. The number of H-pyrrole nitrogens is 2. The lowest BCUT2D eigenvalue weighted by Gasteiger charge is -2.01. The summed E-state index contributed by atoms with van der Waals surface area (Å²) in [6, 6.07) is -0.0868. The molecular formula is C8H6N4O4S. The number of carbonyl (C=O) groups is 1. The smallest absolute Gasteiger partial charge is 0.301 e. The predicted octanol–water partition coefficient (Wildman–Crippen LogP) is 0.378. The van der Waals surface area contributed by atoms with Crippen LogP contribution in [0.2, 0.25) is 0 Å². The van der Waals surface area contributed by atoms with Crippen molar-refractivity contribution in [2.75, 3.05) is 5.32 Å². The molecule has 88 valence electrons. The van der Waals surface area contributed by atoms with Gasteiger partial charge in [-0.05, 0) is 12.2 Å². The Bertz CT molecular complexity index is 657. The van der Waals surface area contributed by atoms with Crippen LogP contribution < -0.4 is 10.9 Å². The summed E-state index contributed by atoms with van der Waals surface area (Å²) in [5, 5.41) is 11.6. The number of nitrogens with one attached hydrogen (secondary N) is 3.